The molecule has 0 bridgehead atoms. The first-order valence-electron chi connectivity index (χ1n) is 15.6. The number of carbonyl (C=O) groups excluding carboxylic acids is 2. The minimum atomic E-state index is -0.414. The fraction of sp³-hybridized carbons (Fsp3) is 0.400. The first-order chi connectivity index (χ1) is 22.1. The molecule has 0 aliphatic carbocycles. The van der Waals surface area contributed by atoms with Gasteiger partial charge in [-0.15, -0.1) is 0 Å². The average molecular weight is 631 g/mol. The van der Waals surface area contributed by atoms with Crippen LogP contribution in [0.4, 0.5) is 21.9 Å². The first kappa shape index (κ1) is 34.3. The van der Waals surface area contributed by atoms with E-state index in [1.54, 1.807) is 36.4 Å². The summed E-state index contributed by atoms with van der Waals surface area (Å²) in [6, 6.07) is 17.8. The lowest BCUT2D eigenvalue weighted by atomic mass is 10.2. The number of carbonyl (C=O) groups is 2. The van der Waals surface area contributed by atoms with Gasteiger partial charge < -0.3 is 35.1 Å². The average Bonchev–Trinajstić information content (AvgIpc) is 3.03. The van der Waals surface area contributed by atoms with Gasteiger partial charge in [-0.05, 0) is 82.6 Å². The number of para-hydroxylation sites is 2. The number of unbranched alkanes of at least 4 members (excludes halogenated alkanes) is 1. The highest BCUT2D eigenvalue weighted by atomic mass is 16.5. The summed E-state index contributed by atoms with van der Waals surface area (Å²) < 4.78 is 16.5. The molecule has 1 fully saturated rings. The van der Waals surface area contributed by atoms with Crippen LogP contribution in [-0.4, -0.2) is 78.8 Å². The molecule has 246 valence electrons. The van der Waals surface area contributed by atoms with E-state index in [0.29, 0.717) is 41.8 Å². The minimum absolute atomic E-state index is 0.220. The number of rotatable bonds is 14. The molecule has 3 aromatic rings. The van der Waals surface area contributed by atoms with Gasteiger partial charge in [-0.3, -0.25) is 14.7 Å². The van der Waals surface area contributed by atoms with E-state index in [1.165, 1.54) is 0 Å². The van der Waals surface area contributed by atoms with Crippen molar-refractivity contribution in [3.05, 3.63) is 90.6 Å². The number of hydrogen-bond donors (Lipinski definition) is 3. The van der Waals surface area contributed by atoms with Crippen LogP contribution in [0.5, 0.6) is 5.75 Å². The lowest BCUT2D eigenvalue weighted by Gasteiger charge is -2.27. The second-order valence-corrected chi connectivity index (χ2v) is 12.1. The minimum Gasteiger partial charge on any atom is -0.497 e. The maximum absolute atomic E-state index is 13.4. The Morgan fingerprint density at radius 2 is 1.72 bits per heavy atom. The van der Waals surface area contributed by atoms with Gasteiger partial charge >= 0.3 is 6.03 Å². The number of hydrogen-bond acceptors (Lipinski definition) is 8. The number of pyridine rings is 1. The van der Waals surface area contributed by atoms with Crippen LogP contribution in [0.2, 0.25) is 0 Å². The zero-order chi connectivity index (χ0) is 32.9. The Morgan fingerprint density at radius 1 is 0.978 bits per heavy atom. The molecule has 0 atom stereocenters. The van der Waals surface area contributed by atoms with E-state index in [4.69, 9.17) is 14.2 Å². The first-order valence-corrected chi connectivity index (χ1v) is 15.6. The standard InChI is InChI=1S/C35H46N6O5/c1-26(46-35(2,3)4)37-30-13-6-7-14-31(30)39-33(42)32-16-15-27(24-36-32)25-41(18-9-8-17-40-19-21-45-22-20-40)34(43)38-28-11-10-12-29(23-28)44-5/h6-7,10-16,23-24,37H,1,8-9,17-22,25H2,2-5H3,(H,38,43)(H,39,42). The van der Waals surface area contributed by atoms with Crippen molar-refractivity contribution in [1.29, 1.82) is 0 Å². The van der Waals surface area contributed by atoms with Gasteiger partial charge in [0.25, 0.3) is 5.91 Å². The topological polar surface area (TPSA) is 117 Å². The van der Waals surface area contributed by atoms with Crippen LogP contribution in [0.3, 0.4) is 0 Å². The number of ether oxygens (including phenoxy) is 3. The number of methoxy groups -OCH3 is 1. The third-order valence-corrected chi connectivity index (χ3v) is 7.17. The summed E-state index contributed by atoms with van der Waals surface area (Å²) in [5.41, 5.74) is 2.51. The second kappa shape index (κ2) is 16.6. The summed E-state index contributed by atoms with van der Waals surface area (Å²) in [5, 5.41) is 9.02. The van der Waals surface area contributed by atoms with Gasteiger partial charge in [0, 0.05) is 44.1 Å². The normalized spacial score (nSPS) is 13.4. The SMILES string of the molecule is C=C(Nc1ccccc1NC(=O)c1ccc(CN(CCCCN2CCOCC2)C(=O)Nc2cccc(OC)c2)cn1)OC(C)(C)C. The van der Waals surface area contributed by atoms with E-state index in [2.05, 4.69) is 32.4 Å². The molecule has 0 radical (unpaired) electrons. The van der Waals surface area contributed by atoms with Crippen molar-refractivity contribution in [2.24, 2.45) is 0 Å². The molecule has 0 spiro atoms. The van der Waals surface area contributed by atoms with Gasteiger partial charge in [-0.2, -0.15) is 0 Å². The predicted molar refractivity (Wildman–Crippen MR) is 181 cm³/mol. The van der Waals surface area contributed by atoms with E-state index >= 15 is 0 Å². The van der Waals surface area contributed by atoms with E-state index in [-0.39, 0.29) is 17.6 Å². The molecule has 4 rings (SSSR count). The molecule has 1 aliphatic heterocycles. The van der Waals surface area contributed by atoms with Gasteiger partial charge in [0.2, 0.25) is 0 Å². The molecule has 2 heterocycles. The summed E-state index contributed by atoms with van der Waals surface area (Å²) in [5.74, 6) is 0.672. The Bertz CT molecular complexity index is 1450. The van der Waals surface area contributed by atoms with Crippen LogP contribution in [0, 0.1) is 0 Å². The number of anilines is 3. The molecule has 0 unspecified atom stereocenters. The van der Waals surface area contributed by atoms with Gasteiger partial charge in [0.15, 0.2) is 5.88 Å². The Balaban J connectivity index is 1.39. The summed E-state index contributed by atoms with van der Waals surface area (Å²) in [4.78, 5) is 35.1. The Hall–Kier alpha value is -4.61. The summed E-state index contributed by atoms with van der Waals surface area (Å²) in [6.45, 7) is 15.0. The summed E-state index contributed by atoms with van der Waals surface area (Å²) in [6.07, 6.45) is 3.45. The van der Waals surface area contributed by atoms with Gasteiger partial charge in [-0.1, -0.05) is 24.3 Å². The number of amides is 3. The number of nitrogens with zero attached hydrogens (tertiary/aromatic N) is 3. The van der Waals surface area contributed by atoms with Crippen LogP contribution >= 0.6 is 0 Å². The van der Waals surface area contributed by atoms with Crippen molar-refractivity contribution in [3.63, 3.8) is 0 Å². The molecular weight excluding hydrogens is 584 g/mol. The van der Waals surface area contributed by atoms with Gasteiger partial charge in [-0.25, -0.2) is 4.79 Å². The second-order valence-electron chi connectivity index (χ2n) is 12.1. The van der Waals surface area contributed by atoms with Crippen LogP contribution in [0.15, 0.2) is 79.3 Å². The molecule has 1 saturated heterocycles. The van der Waals surface area contributed by atoms with Crippen LogP contribution in [-0.2, 0) is 16.0 Å². The summed E-state index contributed by atoms with van der Waals surface area (Å²) >= 11 is 0. The van der Waals surface area contributed by atoms with Crippen molar-refractivity contribution in [2.75, 3.05) is 62.5 Å². The molecule has 1 aliphatic rings. The fourth-order valence-electron chi connectivity index (χ4n) is 4.92. The van der Waals surface area contributed by atoms with E-state index in [9.17, 15) is 9.59 Å². The zero-order valence-corrected chi connectivity index (χ0v) is 27.3. The predicted octanol–water partition coefficient (Wildman–Crippen LogP) is 6.19. The van der Waals surface area contributed by atoms with Crippen molar-refractivity contribution < 1.29 is 23.8 Å². The Kier molecular flexibility index (Phi) is 12.4. The fourth-order valence-corrected chi connectivity index (χ4v) is 4.92. The largest absolute Gasteiger partial charge is 0.497 e. The number of urea groups is 1. The zero-order valence-electron chi connectivity index (χ0n) is 27.3. The van der Waals surface area contributed by atoms with Crippen molar-refractivity contribution in [3.8, 4) is 5.75 Å². The molecule has 11 nitrogen and oxygen atoms in total. The Morgan fingerprint density at radius 3 is 2.39 bits per heavy atom. The molecule has 46 heavy (non-hydrogen) atoms. The monoisotopic (exact) mass is 630 g/mol. The van der Waals surface area contributed by atoms with Gasteiger partial charge in [0.05, 0.1) is 31.7 Å². The molecule has 2 aromatic carbocycles. The van der Waals surface area contributed by atoms with Crippen molar-refractivity contribution >= 4 is 29.0 Å². The molecule has 1 aromatic heterocycles. The highest BCUT2D eigenvalue weighted by Gasteiger charge is 2.18. The molecule has 3 amide bonds. The Labute approximate surface area is 271 Å². The maximum atomic E-state index is 13.4. The quantitative estimate of drug-likeness (QED) is 0.143. The van der Waals surface area contributed by atoms with Crippen LogP contribution < -0.4 is 20.7 Å². The number of aromatic nitrogens is 1. The maximum Gasteiger partial charge on any atom is 0.322 e. The number of benzene rings is 2. The molecule has 11 heteroatoms. The molecule has 3 N–H and O–H groups in total. The molecular formula is C35H46N6O5. The van der Waals surface area contributed by atoms with Crippen LogP contribution in [0.1, 0.15) is 49.7 Å². The smallest absolute Gasteiger partial charge is 0.322 e. The lowest BCUT2D eigenvalue weighted by molar-refractivity contribution is 0.0370. The molecule has 0 saturated carbocycles. The number of morpholine rings is 1. The van der Waals surface area contributed by atoms with Crippen LogP contribution in [0.25, 0.3) is 0 Å². The lowest BCUT2D eigenvalue weighted by Crippen LogP contribution is -2.38. The summed E-state index contributed by atoms with van der Waals surface area (Å²) in [7, 11) is 1.59. The highest BCUT2D eigenvalue weighted by molar-refractivity contribution is 6.04. The third kappa shape index (κ3) is 11.1. The van der Waals surface area contributed by atoms with Gasteiger partial charge in [0.1, 0.15) is 17.0 Å². The van der Waals surface area contributed by atoms with Crippen molar-refractivity contribution in [1.82, 2.24) is 14.8 Å². The van der Waals surface area contributed by atoms with E-state index in [1.807, 2.05) is 63.2 Å². The third-order valence-electron chi connectivity index (χ3n) is 7.17. The van der Waals surface area contributed by atoms with Crippen molar-refractivity contribution in [2.45, 2.75) is 45.8 Å². The highest BCUT2D eigenvalue weighted by Crippen LogP contribution is 2.25. The van der Waals surface area contributed by atoms with E-state index in [0.717, 1.165) is 51.3 Å². The van der Waals surface area contributed by atoms with E-state index < -0.39 is 5.60 Å². The number of nitrogens with one attached hydrogen (secondary N) is 3.